The maximum Gasteiger partial charge on any atom is 0.0468 e. The molecule has 0 amide bonds. The van der Waals surface area contributed by atoms with Gasteiger partial charge in [-0.1, -0.05) is 44.2 Å². The highest BCUT2D eigenvalue weighted by Gasteiger charge is 2.23. The minimum absolute atomic E-state index is 0.481. The van der Waals surface area contributed by atoms with Crippen molar-refractivity contribution in [1.82, 2.24) is 5.32 Å². The molecule has 1 heterocycles. The van der Waals surface area contributed by atoms with E-state index in [1.54, 1.807) is 0 Å². The molecule has 1 aromatic rings. The van der Waals surface area contributed by atoms with Crippen LogP contribution in [0, 0.1) is 11.8 Å². The van der Waals surface area contributed by atoms with E-state index in [0.717, 1.165) is 25.7 Å². The van der Waals surface area contributed by atoms with Crippen LogP contribution in [-0.4, -0.2) is 19.8 Å². The number of hydrogen-bond donors (Lipinski definition) is 1. The molecule has 0 saturated carbocycles. The molecule has 1 N–H and O–H groups in total. The van der Waals surface area contributed by atoms with Crippen LogP contribution in [0.5, 0.6) is 0 Å². The van der Waals surface area contributed by atoms with Gasteiger partial charge in [0.1, 0.15) is 0 Å². The van der Waals surface area contributed by atoms with Crippen molar-refractivity contribution in [3.05, 3.63) is 35.9 Å². The molecule has 1 saturated heterocycles. The minimum atomic E-state index is 0.481. The van der Waals surface area contributed by atoms with E-state index in [2.05, 4.69) is 49.5 Å². The molecule has 2 unspecified atom stereocenters. The van der Waals surface area contributed by atoms with Crippen LogP contribution in [0.25, 0.3) is 0 Å². The highest BCUT2D eigenvalue weighted by Crippen LogP contribution is 2.30. The molecule has 2 nitrogen and oxygen atoms in total. The van der Waals surface area contributed by atoms with Gasteiger partial charge in [0.05, 0.1) is 0 Å². The van der Waals surface area contributed by atoms with E-state index in [1.807, 2.05) is 0 Å². The number of benzene rings is 1. The van der Waals surface area contributed by atoms with Gasteiger partial charge in [-0.3, -0.25) is 0 Å². The summed E-state index contributed by atoms with van der Waals surface area (Å²) in [5.74, 6) is 1.51. The normalized spacial score (nSPS) is 20.1. The average Bonchev–Trinajstić information content (AvgIpc) is 2.46. The number of ether oxygens (including phenoxy) is 1. The second-order valence-electron chi connectivity index (χ2n) is 5.71. The summed E-state index contributed by atoms with van der Waals surface area (Å²) in [7, 11) is 0. The highest BCUT2D eigenvalue weighted by molar-refractivity contribution is 5.19. The third-order valence-corrected chi connectivity index (χ3v) is 4.20. The number of nitrogens with one attached hydrogen (secondary N) is 1. The van der Waals surface area contributed by atoms with Crippen molar-refractivity contribution < 1.29 is 4.74 Å². The summed E-state index contributed by atoms with van der Waals surface area (Å²) in [4.78, 5) is 0. The van der Waals surface area contributed by atoms with Crippen molar-refractivity contribution >= 4 is 0 Å². The first-order valence-electron chi connectivity index (χ1n) is 7.67. The molecule has 1 aliphatic rings. The molecule has 1 fully saturated rings. The van der Waals surface area contributed by atoms with Crippen LogP contribution in [-0.2, 0) is 4.74 Å². The largest absolute Gasteiger partial charge is 0.381 e. The van der Waals surface area contributed by atoms with E-state index in [1.165, 1.54) is 24.8 Å². The van der Waals surface area contributed by atoms with Crippen LogP contribution in [0.4, 0.5) is 0 Å². The quantitative estimate of drug-likeness (QED) is 0.841. The van der Waals surface area contributed by atoms with Crippen molar-refractivity contribution in [2.45, 2.75) is 39.2 Å². The van der Waals surface area contributed by atoms with E-state index >= 15 is 0 Å². The molecule has 2 rings (SSSR count). The molecule has 0 spiro atoms. The zero-order valence-electron chi connectivity index (χ0n) is 12.3. The first-order chi connectivity index (χ1) is 9.31. The van der Waals surface area contributed by atoms with Crippen molar-refractivity contribution in [2.75, 3.05) is 19.8 Å². The molecule has 0 aliphatic carbocycles. The predicted octanol–water partition coefficient (Wildman–Crippen LogP) is 3.79. The zero-order valence-corrected chi connectivity index (χ0v) is 12.3. The molecule has 0 bridgehead atoms. The molecule has 0 aromatic heterocycles. The van der Waals surface area contributed by atoms with E-state index < -0.39 is 0 Å². The standard InChI is InChI=1S/C17H27NO/c1-3-18-17(16-7-5-4-6-8-16)14(2)13-15-9-11-19-12-10-15/h4-8,14-15,17-18H,3,9-13H2,1-2H3. The lowest BCUT2D eigenvalue weighted by Gasteiger charge is -2.30. The summed E-state index contributed by atoms with van der Waals surface area (Å²) in [5.41, 5.74) is 1.42. The topological polar surface area (TPSA) is 21.3 Å². The molecular formula is C17H27NO. The average molecular weight is 261 g/mol. The Morgan fingerprint density at radius 1 is 1.21 bits per heavy atom. The fourth-order valence-corrected chi connectivity index (χ4v) is 3.17. The fraction of sp³-hybridized carbons (Fsp3) is 0.647. The third kappa shape index (κ3) is 4.32. The SMILES string of the molecule is CCNC(c1ccccc1)C(C)CC1CCOCC1. The van der Waals surface area contributed by atoms with Gasteiger partial charge in [0.15, 0.2) is 0 Å². The van der Waals surface area contributed by atoms with Gasteiger partial charge in [-0.25, -0.2) is 0 Å². The maximum absolute atomic E-state index is 5.46. The van der Waals surface area contributed by atoms with Crippen LogP contribution < -0.4 is 5.32 Å². The van der Waals surface area contributed by atoms with Crippen LogP contribution >= 0.6 is 0 Å². The number of hydrogen-bond acceptors (Lipinski definition) is 2. The number of rotatable bonds is 6. The molecule has 1 aliphatic heterocycles. The molecule has 0 radical (unpaired) electrons. The van der Waals surface area contributed by atoms with E-state index in [-0.39, 0.29) is 0 Å². The van der Waals surface area contributed by atoms with Crippen molar-refractivity contribution in [3.63, 3.8) is 0 Å². The summed E-state index contributed by atoms with van der Waals surface area (Å²) in [6, 6.07) is 11.3. The molecule has 1 aromatic carbocycles. The van der Waals surface area contributed by atoms with E-state index in [9.17, 15) is 0 Å². The fourth-order valence-electron chi connectivity index (χ4n) is 3.17. The summed E-state index contributed by atoms with van der Waals surface area (Å²) in [5, 5.41) is 3.66. The zero-order chi connectivity index (χ0) is 13.5. The molecular weight excluding hydrogens is 234 g/mol. The Morgan fingerprint density at radius 3 is 2.53 bits per heavy atom. The van der Waals surface area contributed by atoms with Gasteiger partial charge in [0, 0.05) is 19.3 Å². The first kappa shape index (κ1) is 14.5. The van der Waals surface area contributed by atoms with Gasteiger partial charge in [-0.2, -0.15) is 0 Å². The second kappa shape index (κ2) is 7.66. The van der Waals surface area contributed by atoms with E-state index in [4.69, 9.17) is 4.74 Å². The Labute approximate surface area is 117 Å². The van der Waals surface area contributed by atoms with Gasteiger partial charge in [0.25, 0.3) is 0 Å². The van der Waals surface area contributed by atoms with Crippen LogP contribution in [0.3, 0.4) is 0 Å². The van der Waals surface area contributed by atoms with Crippen molar-refractivity contribution in [3.8, 4) is 0 Å². The van der Waals surface area contributed by atoms with Gasteiger partial charge >= 0.3 is 0 Å². The molecule has 2 heteroatoms. The monoisotopic (exact) mass is 261 g/mol. The predicted molar refractivity (Wildman–Crippen MR) is 80.2 cm³/mol. The van der Waals surface area contributed by atoms with Crippen molar-refractivity contribution in [2.24, 2.45) is 11.8 Å². The van der Waals surface area contributed by atoms with Crippen molar-refractivity contribution in [1.29, 1.82) is 0 Å². The summed E-state index contributed by atoms with van der Waals surface area (Å²) in [6.07, 6.45) is 3.77. The second-order valence-corrected chi connectivity index (χ2v) is 5.71. The Hall–Kier alpha value is -0.860. The lowest BCUT2D eigenvalue weighted by Crippen LogP contribution is -2.29. The smallest absolute Gasteiger partial charge is 0.0468 e. The maximum atomic E-state index is 5.46. The van der Waals surface area contributed by atoms with Gasteiger partial charge in [-0.15, -0.1) is 0 Å². The van der Waals surface area contributed by atoms with Crippen LogP contribution in [0.1, 0.15) is 44.7 Å². The first-order valence-corrected chi connectivity index (χ1v) is 7.67. The lowest BCUT2D eigenvalue weighted by molar-refractivity contribution is 0.0572. The Kier molecular flexibility index (Phi) is 5.87. The third-order valence-electron chi connectivity index (χ3n) is 4.20. The minimum Gasteiger partial charge on any atom is -0.381 e. The highest BCUT2D eigenvalue weighted by atomic mass is 16.5. The van der Waals surface area contributed by atoms with Crippen LogP contribution in [0.2, 0.25) is 0 Å². The summed E-state index contributed by atoms with van der Waals surface area (Å²) < 4.78 is 5.46. The van der Waals surface area contributed by atoms with Gasteiger partial charge < -0.3 is 10.1 Å². The molecule has 19 heavy (non-hydrogen) atoms. The summed E-state index contributed by atoms with van der Waals surface area (Å²) in [6.45, 7) is 7.51. The van der Waals surface area contributed by atoms with E-state index in [0.29, 0.717) is 12.0 Å². The van der Waals surface area contributed by atoms with Gasteiger partial charge in [-0.05, 0) is 43.2 Å². The Bertz CT molecular complexity index is 346. The summed E-state index contributed by atoms with van der Waals surface area (Å²) >= 11 is 0. The molecule has 2 atom stereocenters. The Balaban J connectivity index is 1.97. The lowest BCUT2D eigenvalue weighted by atomic mass is 9.83. The van der Waals surface area contributed by atoms with Gasteiger partial charge in [0.2, 0.25) is 0 Å². The Morgan fingerprint density at radius 2 is 1.89 bits per heavy atom. The van der Waals surface area contributed by atoms with Crippen LogP contribution in [0.15, 0.2) is 30.3 Å². The molecule has 106 valence electrons.